The van der Waals surface area contributed by atoms with E-state index in [0.29, 0.717) is 6.42 Å². The predicted molar refractivity (Wildman–Crippen MR) is 51.0 cm³/mol. The van der Waals surface area contributed by atoms with Gasteiger partial charge in [0.25, 0.3) is 0 Å². The molecule has 1 unspecified atom stereocenters. The lowest BCUT2D eigenvalue weighted by Gasteiger charge is -2.19. The van der Waals surface area contributed by atoms with Crippen LogP contribution in [0.1, 0.15) is 18.9 Å². The fourth-order valence-corrected chi connectivity index (χ4v) is 1.27. The Kier molecular flexibility index (Phi) is 3.21. The van der Waals surface area contributed by atoms with Crippen LogP contribution in [0.4, 0.5) is 4.39 Å². The number of nitrogens with zero attached hydrogens (tertiary/aromatic N) is 1. The summed E-state index contributed by atoms with van der Waals surface area (Å²) in [4.78, 5) is 0. The van der Waals surface area contributed by atoms with Crippen molar-refractivity contribution in [3.63, 3.8) is 0 Å². The molecule has 0 bridgehead atoms. The van der Waals surface area contributed by atoms with E-state index in [1.807, 2.05) is 6.07 Å². The van der Waals surface area contributed by atoms with E-state index in [1.54, 1.807) is 19.1 Å². The van der Waals surface area contributed by atoms with Gasteiger partial charge in [-0.15, -0.1) is 0 Å². The van der Waals surface area contributed by atoms with Crippen molar-refractivity contribution < 1.29 is 9.50 Å². The minimum atomic E-state index is -1.04. The summed E-state index contributed by atoms with van der Waals surface area (Å²) in [5.41, 5.74) is -0.210. The Hall–Kier alpha value is -1.40. The molecular formula is C11H12FNO. The van der Waals surface area contributed by atoms with Crippen LogP contribution in [0.2, 0.25) is 0 Å². The highest BCUT2D eigenvalue weighted by molar-refractivity contribution is 5.18. The summed E-state index contributed by atoms with van der Waals surface area (Å²) < 4.78 is 12.6. The Labute approximate surface area is 82.6 Å². The normalized spacial score (nSPS) is 14.4. The molecule has 0 aliphatic rings. The molecule has 0 amide bonds. The molecule has 0 radical (unpaired) electrons. The second-order valence-corrected chi connectivity index (χ2v) is 3.64. The van der Waals surface area contributed by atoms with Gasteiger partial charge in [-0.1, -0.05) is 12.1 Å². The maximum absolute atomic E-state index is 12.6. The number of halogens is 1. The maximum atomic E-state index is 12.6. The highest BCUT2D eigenvalue weighted by Crippen LogP contribution is 2.16. The minimum absolute atomic E-state index is 0.0738. The quantitative estimate of drug-likeness (QED) is 0.798. The molecule has 0 aliphatic heterocycles. The van der Waals surface area contributed by atoms with Gasteiger partial charge >= 0.3 is 0 Å². The molecule has 1 rings (SSSR count). The third-order valence-electron chi connectivity index (χ3n) is 1.96. The first kappa shape index (κ1) is 10.7. The molecule has 14 heavy (non-hydrogen) atoms. The Bertz CT molecular complexity index is 337. The van der Waals surface area contributed by atoms with Crippen LogP contribution in [0.25, 0.3) is 0 Å². The monoisotopic (exact) mass is 193 g/mol. The number of hydrogen-bond donors (Lipinski definition) is 1. The van der Waals surface area contributed by atoms with Gasteiger partial charge in [0.2, 0.25) is 0 Å². The summed E-state index contributed by atoms with van der Waals surface area (Å²) in [5.74, 6) is -0.298. The molecular weight excluding hydrogens is 181 g/mol. The molecule has 2 nitrogen and oxygen atoms in total. The van der Waals surface area contributed by atoms with Gasteiger partial charge in [-0.25, -0.2) is 4.39 Å². The van der Waals surface area contributed by atoms with Gasteiger partial charge in [-0.2, -0.15) is 5.26 Å². The lowest BCUT2D eigenvalue weighted by Crippen LogP contribution is -2.26. The van der Waals surface area contributed by atoms with Gasteiger partial charge < -0.3 is 5.11 Å². The van der Waals surface area contributed by atoms with Crippen LogP contribution in [0, 0.1) is 17.1 Å². The Morgan fingerprint density at radius 3 is 2.50 bits per heavy atom. The van der Waals surface area contributed by atoms with Crippen molar-refractivity contribution in [1.29, 1.82) is 5.26 Å². The topological polar surface area (TPSA) is 44.0 Å². The van der Waals surface area contributed by atoms with E-state index < -0.39 is 5.60 Å². The van der Waals surface area contributed by atoms with E-state index >= 15 is 0 Å². The summed E-state index contributed by atoms with van der Waals surface area (Å²) in [6.45, 7) is 1.60. The average molecular weight is 193 g/mol. The number of nitriles is 1. The fourth-order valence-electron chi connectivity index (χ4n) is 1.27. The summed E-state index contributed by atoms with van der Waals surface area (Å²) in [6, 6.07) is 7.83. The first-order valence-corrected chi connectivity index (χ1v) is 4.37. The molecule has 0 heterocycles. The van der Waals surface area contributed by atoms with E-state index in [2.05, 4.69) is 0 Å². The zero-order valence-electron chi connectivity index (χ0n) is 8.00. The van der Waals surface area contributed by atoms with E-state index in [0.717, 1.165) is 5.56 Å². The zero-order valence-corrected chi connectivity index (χ0v) is 8.00. The SMILES string of the molecule is CC(O)(CC#N)Cc1ccc(F)cc1. The van der Waals surface area contributed by atoms with E-state index in [-0.39, 0.29) is 12.2 Å². The number of hydrogen-bond acceptors (Lipinski definition) is 2. The Morgan fingerprint density at radius 2 is 2.00 bits per heavy atom. The van der Waals surface area contributed by atoms with Crippen LogP contribution in [0.15, 0.2) is 24.3 Å². The van der Waals surface area contributed by atoms with Crippen molar-refractivity contribution in [2.75, 3.05) is 0 Å². The number of benzene rings is 1. The Balaban J connectivity index is 2.69. The van der Waals surface area contributed by atoms with Crippen molar-refractivity contribution in [1.82, 2.24) is 0 Å². The molecule has 1 N–H and O–H groups in total. The zero-order chi connectivity index (χ0) is 10.6. The smallest absolute Gasteiger partial charge is 0.123 e. The maximum Gasteiger partial charge on any atom is 0.123 e. The summed E-state index contributed by atoms with van der Waals surface area (Å²) in [7, 11) is 0. The average Bonchev–Trinajstić information content (AvgIpc) is 2.08. The lowest BCUT2D eigenvalue weighted by atomic mass is 9.94. The molecule has 1 aromatic rings. The van der Waals surface area contributed by atoms with Crippen LogP contribution >= 0.6 is 0 Å². The standard InChI is InChI=1S/C11H12FNO/c1-11(14,6-7-13)8-9-2-4-10(12)5-3-9/h2-5,14H,6,8H2,1H3. The van der Waals surface area contributed by atoms with Crippen LogP contribution in [0.5, 0.6) is 0 Å². The molecule has 0 aromatic heterocycles. The lowest BCUT2D eigenvalue weighted by molar-refractivity contribution is 0.0654. The van der Waals surface area contributed by atoms with Gasteiger partial charge in [0, 0.05) is 6.42 Å². The van der Waals surface area contributed by atoms with Crippen LogP contribution in [-0.4, -0.2) is 10.7 Å². The highest BCUT2D eigenvalue weighted by Gasteiger charge is 2.20. The highest BCUT2D eigenvalue weighted by atomic mass is 19.1. The molecule has 0 fully saturated rings. The van der Waals surface area contributed by atoms with Crippen LogP contribution < -0.4 is 0 Å². The van der Waals surface area contributed by atoms with Crippen molar-refractivity contribution >= 4 is 0 Å². The molecule has 0 spiro atoms. The summed E-state index contributed by atoms with van der Waals surface area (Å²) in [5, 5.41) is 18.2. The molecule has 1 aromatic carbocycles. The summed E-state index contributed by atoms with van der Waals surface area (Å²) >= 11 is 0. The Morgan fingerprint density at radius 1 is 1.43 bits per heavy atom. The number of rotatable bonds is 3. The van der Waals surface area contributed by atoms with Crippen molar-refractivity contribution in [3.05, 3.63) is 35.6 Å². The molecule has 0 saturated heterocycles. The largest absolute Gasteiger partial charge is 0.389 e. The fraction of sp³-hybridized carbons (Fsp3) is 0.364. The van der Waals surface area contributed by atoms with Crippen LogP contribution in [-0.2, 0) is 6.42 Å². The third kappa shape index (κ3) is 3.15. The van der Waals surface area contributed by atoms with Crippen LogP contribution in [0.3, 0.4) is 0 Å². The molecule has 1 atom stereocenters. The van der Waals surface area contributed by atoms with E-state index in [1.165, 1.54) is 12.1 Å². The van der Waals surface area contributed by atoms with E-state index in [9.17, 15) is 9.50 Å². The second-order valence-electron chi connectivity index (χ2n) is 3.64. The van der Waals surface area contributed by atoms with E-state index in [4.69, 9.17) is 5.26 Å². The first-order chi connectivity index (χ1) is 6.53. The number of aliphatic hydroxyl groups is 1. The van der Waals surface area contributed by atoms with Gasteiger partial charge in [-0.3, -0.25) is 0 Å². The minimum Gasteiger partial charge on any atom is -0.389 e. The van der Waals surface area contributed by atoms with Gasteiger partial charge in [0.1, 0.15) is 5.82 Å². The first-order valence-electron chi connectivity index (χ1n) is 4.37. The van der Waals surface area contributed by atoms with Crippen molar-refractivity contribution in [2.24, 2.45) is 0 Å². The van der Waals surface area contributed by atoms with Gasteiger partial charge in [0.15, 0.2) is 0 Å². The van der Waals surface area contributed by atoms with Crippen molar-refractivity contribution in [2.45, 2.75) is 25.4 Å². The molecule has 3 heteroatoms. The molecule has 0 aliphatic carbocycles. The third-order valence-corrected chi connectivity index (χ3v) is 1.96. The molecule has 0 saturated carbocycles. The predicted octanol–water partition coefficient (Wildman–Crippen LogP) is 2.03. The van der Waals surface area contributed by atoms with Crippen molar-refractivity contribution in [3.8, 4) is 6.07 Å². The summed E-state index contributed by atoms with van der Waals surface area (Å²) in [6.07, 6.45) is 0.436. The molecule has 74 valence electrons. The second kappa shape index (κ2) is 4.21. The van der Waals surface area contributed by atoms with Gasteiger partial charge in [-0.05, 0) is 24.6 Å². The van der Waals surface area contributed by atoms with Gasteiger partial charge in [0.05, 0.1) is 18.1 Å².